The monoisotopic (exact) mass is 164 g/mol. The van der Waals surface area contributed by atoms with E-state index in [4.69, 9.17) is 4.74 Å². The highest BCUT2D eigenvalue weighted by molar-refractivity contribution is 5.94. The first-order valence-electron chi connectivity index (χ1n) is 4.25. The minimum atomic E-state index is -0.399. The first-order chi connectivity index (χ1) is 5.61. The van der Waals surface area contributed by atoms with Gasteiger partial charge >= 0.3 is 5.97 Å². The first kappa shape index (κ1) is 7.59. The van der Waals surface area contributed by atoms with Crippen LogP contribution in [0.2, 0.25) is 0 Å². The number of hydrogen-bond donors (Lipinski definition) is 0. The molecule has 0 aromatic rings. The van der Waals surface area contributed by atoms with Crippen LogP contribution in [-0.2, 0) is 9.53 Å². The van der Waals surface area contributed by atoms with Crippen molar-refractivity contribution in [2.45, 2.75) is 32.3 Å². The third-order valence-electron chi connectivity index (χ3n) is 2.41. The van der Waals surface area contributed by atoms with Crippen molar-refractivity contribution in [3.63, 3.8) is 0 Å². The molecule has 2 aliphatic rings. The Morgan fingerprint density at radius 1 is 1.50 bits per heavy atom. The van der Waals surface area contributed by atoms with E-state index in [0.29, 0.717) is 0 Å². The molecule has 1 aliphatic heterocycles. The molecule has 1 heterocycles. The Balaban J connectivity index is 2.48. The van der Waals surface area contributed by atoms with E-state index in [1.165, 1.54) is 0 Å². The Bertz CT molecular complexity index is 295. The number of rotatable bonds is 0. The van der Waals surface area contributed by atoms with Gasteiger partial charge in [0.15, 0.2) is 0 Å². The van der Waals surface area contributed by atoms with E-state index in [-0.39, 0.29) is 5.97 Å². The Kier molecular flexibility index (Phi) is 1.40. The zero-order valence-electron chi connectivity index (χ0n) is 7.39. The molecule has 0 unspecified atom stereocenters. The van der Waals surface area contributed by atoms with E-state index in [1.807, 2.05) is 19.9 Å². The molecule has 0 radical (unpaired) electrons. The zero-order chi connectivity index (χ0) is 8.77. The second-order valence-electron chi connectivity index (χ2n) is 3.73. The van der Waals surface area contributed by atoms with Gasteiger partial charge in [0.25, 0.3) is 0 Å². The Morgan fingerprint density at radius 2 is 2.25 bits per heavy atom. The predicted octanol–water partition coefficient (Wildman–Crippen LogP) is 1.97. The van der Waals surface area contributed by atoms with Gasteiger partial charge in [-0.05, 0) is 26.7 Å². The fourth-order valence-electron chi connectivity index (χ4n) is 1.79. The van der Waals surface area contributed by atoms with Crippen molar-refractivity contribution in [3.05, 3.63) is 23.3 Å². The molecule has 0 N–H and O–H groups in total. The third-order valence-corrected chi connectivity index (χ3v) is 2.41. The average molecular weight is 164 g/mol. The van der Waals surface area contributed by atoms with Gasteiger partial charge in [-0.1, -0.05) is 12.2 Å². The number of hydrogen-bond acceptors (Lipinski definition) is 2. The molecular weight excluding hydrogens is 152 g/mol. The topological polar surface area (TPSA) is 26.3 Å². The van der Waals surface area contributed by atoms with Crippen LogP contribution in [0.5, 0.6) is 0 Å². The lowest BCUT2D eigenvalue weighted by molar-refractivity contribution is -0.144. The van der Waals surface area contributed by atoms with Crippen LogP contribution in [0.3, 0.4) is 0 Å². The lowest BCUT2D eigenvalue weighted by atomic mass is 9.90. The van der Waals surface area contributed by atoms with Crippen LogP contribution >= 0.6 is 0 Å². The fraction of sp³-hybridized carbons (Fsp3) is 0.500. The first-order valence-corrected chi connectivity index (χ1v) is 4.25. The highest BCUT2D eigenvalue weighted by Crippen LogP contribution is 2.37. The summed E-state index contributed by atoms with van der Waals surface area (Å²) in [6, 6.07) is 0. The molecule has 12 heavy (non-hydrogen) atoms. The quantitative estimate of drug-likeness (QED) is 0.511. The summed E-state index contributed by atoms with van der Waals surface area (Å²) in [6.45, 7) is 3.87. The van der Waals surface area contributed by atoms with Crippen LogP contribution in [0.1, 0.15) is 26.7 Å². The fourth-order valence-corrected chi connectivity index (χ4v) is 1.79. The molecule has 0 aromatic heterocycles. The molecule has 0 saturated heterocycles. The van der Waals surface area contributed by atoms with Crippen LogP contribution in [0.15, 0.2) is 23.3 Å². The zero-order valence-corrected chi connectivity index (χ0v) is 7.39. The summed E-state index contributed by atoms with van der Waals surface area (Å²) in [6.07, 6.45) is 5.92. The predicted molar refractivity (Wildman–Crippen MR) is 45.6 cm³/mol. The van der Waals surface area contributed by atoms with E-state index in [1.54, 1.807) is 0 Å². The Morgan fingerprint density at radius 3 is 2.92 bits per heavy atom. The smallest absolute Gasteiger partial charge is 0.335 e. The molecule has 1 aliphatic carbocycles. The van der Waals surface area contributed by atoms with E-state index >= 15 is 0 Å². The van der Waals surface area contributed by atoms with Crippen molar-refractivity contribution >= 4 is 5.97 Å². The molecule has 64 valence electrons. The summed E-state index contributed by atoms with van der Waals surface area (Å²) in [5, 5.41) is 0. The van der Waals surface area contributed by atoms with Gasteiger partial charge in [0.1, 0.15) is 5.60 Å². The number of esters is 1. The van der Waals surface area contributed by atoms with Crippen LogP contribution in [-0.4, -0.2) is 11.6 Å². The highest BCUT2D eigenvalue weighted by Gasteiger charge is 2.39. The number of ether oxygens (including phenoxy) is 1. The number of cyclic esters (lactones) is 1. The molecule has 0 bridgehead atoms. The molecule has 0 fully saturated rings. The van der Waals surface area contributed by atoms with Crippen molar-refractivity contribution in [2.24, 2.45) is 0 Å². The molecule has 2 rings (SSSR count). The van der Waals surface area contributed by atoms with Gasteiger partial charge in [-0.2, -0.15) is 0 Å². The van der Waals surface area contributed by atoms with Gasteiger partial charge in [0.05, 0.1) is 0 Å². The van der Waals surface area contributed by atoms with Gasteiger partial charge in [-0.3, -0.25) is 0 Å². The third kappa shape index (κ3) is 0.909. The number of carbonyl (C=O) groups excluding carboxylic acids is 1. The van der Waals surface area contributed by atoms with Crippen molar-refractivity contribution in [2.75, 3.05) is 0 Å². The number of carbonyl (C=O) groups is 1. The molecule has 0 saturated carbocycles. The summed E-state index contributed by atoms with van der Waals surface area (Å²) in [4.78, 5) is 11.3. The maximum absolute atomic E-state index is 11.3. The maximum Gasteiger partial charge on any atom is 0.335 e. The van der Waals surface area contributed by atoms with Gasteiger partial charge in [0.2, 0.25) is 0 Å². The normalized spacial score (nSPS) is 25.7. The lowest BCUT2D eigenvalue weighted by Gasteiger charge is -2.19. The molecule has 0 aromatic carbocycles. The van der Waals surface area contributed by atoms with Gasteiger partial charge < -0.3 is 4.74 Å². The number of allylic oxidation sites excluding steroid dienone is 1. The molecule has 0 atom stereocenters. The summed E-state index contributed by atoms with van der Waals surface area (Å²) >= 11 is 0. The van der Waals surface area contributed by atoms with Crippen LogP contribution < -0.4 is 0 Å². The minimum Gasteiger partial charge on any atom is -0.451 e. The van der Waals surface area contributed by atoms with Crippen LogP contribution in [0.25, 0.3) is 0 Å². The van der Waals surface area contributed by atoms with Gasteiger partial charge in [0, 0.05) is 11.1 Å². The summed E-state index contributed by atoms with van der Waals surface area (Å²) in [5.41, 5.74) is 1.55. The minimum absolute atomic E-state index is 0.126. The maximum atomic E-state index is 11.3. The van der Waals surface area contributed by atoms with Gasteiger partial charge in [-0.25, -0.2) is 4.79 Å². The van der Waals surface area contributed by atoms with Crippen molar-refractivity contribution < 1.29 is 9.53 Å². The summed E-state index contributed by atoms with van der Waals surface area (Å²) in [7, 11) is 0. The second kappa shape index (κ2) is 2.22. The molecule has 2 nitrogen and oxygen atoms in total. The Hall–Kier alpha value is -1.05. The summed E-state index contributed by atoms with van der Waals surface area (Å²) < 4.78 is 5.23. The molecular formula is C10H12O2. The highest BCUT2D eigenvalue weighted by atomic mass is 16.6. The van der Waals surface area contributed by atoms with Crippen LogP contribution in [0.4, 0.5) is 0 Å². The van der Waals surface area contributed by atoms with Crippen molar-refractivity contribution in [1.29, 1.82) is 0 Å². The standard InChI is InChI=1S/C10H12O2/c1-10(2)8-6-4-3-5-7(8)9(11)12-10/h4,6H,3,5H2,1-2H3. The van der Waals surface area contributed by atoms with Crippen molar-refractivity contribution in [1.82, 2.24) is 0 Å². The second-order valence-corrected chi connectivity index (χ2v) is 3.73. The van der Waals surface area contributed by atoms with Crippen molar-refractivity contribution in [3.8, 4) is 0 Å². The SMILES string of the molecule is CC1(C)OC(=O)C2=C1C=CCC2. The van der Waals surface area contributed by atoms with E-state index in [9.17, 15) is 4.79 Å². The van der Waals surface area contributed by atoms with Crippen LogP contribution in [0, 0.1) is 0 Å². The van der Waals surface area contributed by atoms with E-state index in [2.05, 4.69) is 6.08 Å². The van der Waals surface area contributed by atoms with E-state index < -0.39 is 5.60 Å². The summed E-state index contributed by atoms with van der Waals surface area (Å²) in [5.74, 6) is -0.126. The lowest BCUT2D eigenvalue weighted by Crippen LogP contribution is -2.22. The van der Waals surface area contributed by atoms with E-state index in [0.717, 1.165) is 24.0 Å². The molecule has 0 amide bonds. The molecule has 0 spiro atoms. The Labute approximate surface area is 71.9 Å². The van der Waals surface area contributed by atoms with Gasteiger partial charge in [-0.15, -0.1) is 0 Å². The average Bonchev–Trinajstić information content (AvgIpc) is 2.25. The molecule has 2 heteroatoms. The largest absolute Gasteiger partial charge is 0.451 e.